The van der Waals surface area contributed by atoms with Gasteiger partial charge in [0.15, 0.2) is 11.6 Å². The largest absolute Gasteiger partial charge is 0.300 e. The van der Waals surface area contributed by atoms with Gasteiger partial charge in [0.05, 0.1) is 0 Å². The highest BCUT2D eigenvalue weighted by Crippen LogP contribution is 2.66. The molecule has 0 aromatic heterocycles. The minimum Gasteiger partial charge on any atom is -0.300 e. The summed E-state index contributed by atoms with van der Waals surface area (Å²) in [7, 11) is 0. The molecular weight excluding hydrogens is 312 g/mol. The monoisotopic (exact) mass is 340 g/mol. The van der Waals surface area contributed by atoms with Crippen LogP contribution in [-0.2, 0) is 14.4 Å². The second-order valence-corrected chi connectivity index (χ2v) is 9.43. The number of carbonyl (C=O) groups excluding carboxylic acids is 3. The molecule has 0 N–H and O–H groups in total. The van der Waals surface area contributed by atoms with Gasteiger partial charge in [0.1, 0.15) is 5.78 Å². The van der Waals surface area contributed by atoms with E-state index < -0.39 is 0 Å². The van der Waals surface area contributed by atoms with Crippen molar-refractivity contribution in [2.24, 2.45) is 40.4 Å². The minimum atomic E-state index is -0.313. The summed E-state index contributed by atoms with van der Waals surface area (Å²) in [6, 6.07) is 0. The Morgan fingerprint density at radius 1 is 1.20 bits per heavy atom. The van der Waals surface area contributed by atoms with E-state index >= 15 is 0 Å². The number of hydrogen-bond donors (Lipinski definition) is 0. The molecule has 4 aliphatic carbocycles. The van der Waals surface area contributed by atoms with E-state index in [2.05, 4.69) is 20.8 Å². The Morgan fingerprint density at radius 2 is 1.92 bits per heavy atom. The van der Waals surface area contributed by atoms with Gasteiger partial charge in [-0.1, -0.05) is 26.8 Å². The second-order valence-electron chi connectivity index (χ2n) is 9.43. The summed E-state index contributed by atoms with van der Waals surface area (Å²) in [5.41, 5.74) is 0.435. The van der Waals surface area contributed by atoms with Gasteiger partial charge in [-0.25, -0.2) is 0 Å². The smallest absolute Gasteiger partial charge is 0.178 e. The van der Waals surface area contributed by atoms with Gasteiger partial charge in [-0.3, -0.25) is 14.4 Å². The Morgan fingerprint density at radius 3 is 2.60 bits per heavy atom. The molecule has 0 unspecified atom stereocenters. The average Bonchev–Trinajstić information content (AvgIpc) is 2.80. The molecule has 0 aromatic carbocycles. The zero-order valence-corrected chi connectivity index (χ0v) is 15.7. The maximum Gasteiger partial charge on any atom is 0.178 e. The number of allylic oxidation sites excluding steroid dienone is 4. The van der Waals surface area contributed by atoms with E-state index in [1.165, 1.54) is 0 Å². The summed E-state index contributed by atoms with van der Waals surface area (Å²) in [6.45, 7) is 8.38. The van der Waals surface area contributed by atoms with Gasteiger partial charge < -0.3 is 0 Å². The summed E-state index contributed by atoms with van der Waals surface area (Å²) < 4.78 is 0. The summed E-state index contributed by atoms with van der Waals surface area (Å²) in [5.74, 6) is 2.08. The van der Waals surface area contributed by atoms with Crippen LogP contribution in [0.25, 0.3) is 0 Å². The molecule has 0 bridgehead atoms. The molecule has 0 aromatic rings. The lowest BCUT2D eigenvalue weighted by atomic mass is 9.47. The van der Waals surface area contributed by atoms with Crippen LogP contribution in [0, 0.1) is 40.4 Å². The third-order valence-electron chi connectivity index (χ3n) is 8.17. The van der Waals surface area contributed by atoms with E-state index in [4.69, 9.17) is 0 Å². The van der Waals surface area contributed by atoms with E-state index in [0.29, 0.717) is 35.9 Å². The number of rotatable bonds is 1. The van der Waals surface area contributed by atoms with E-state index in [1.807, 2.05) is 6.08 Å². The van der Waals surface area contributed by atoms with E-state index in [-0.39, 0.29) is 28.3 Å². The molecule has 0 aliphatic heterocycles. The Labute approximate surface area is 149 Å². The third-order valence-corrected chi connectivity index (χ3v) is 8.17. The maximum absolute atomic E-state index is 12.9. The highest BCUT2D eigenvalue weighted by Gasteiger charge is 2.62. The fourth-order valence-electron chi connectivity index (χ4n) is 7.27. The molecule has 4 aliphatic rings. The second kappa shape index (κ2) is 5.25. The molecular formula is C22H28O3. The fourth-order valence-corrected chi connectivity index (χ4v) is 7.27. The normalized spacial score (nSPS) is 48.5. The first-order chi connectivity index (χ1) is 11.7. The zero-order chi connectivity index (χ0) is 18.1. The van der Waals surface area contributed by atoms with Gasteiger partial charge >= 0.3 is 0 Å². The highest BCUT2D eigenvalue weighted by molar-refractivity contribution is 6.10. The molecule has 7 atom stereocenters. The van der Waals surface area contributed by atoms with Gasteiger partial charge in [-0.05, 0) is 67.4 Å². The van der Waals surface area contributed by atoms with Crippen LogP contribution in [0.15, 0.2) is 23.8 Å². The number of ketones is 3. The van der Waals surface area contributed by atoms with Gasteiger partial charge in [-0.15, -0.1) is 0 Å². The lowest BCUT2D eigenvalue weighted by molar-refractivity contribution is -0.131. The molecule has 3 saturated carbocycles. The van der Waals surface area contributed by atoms with Crippen LogP contribution in [0.3, 0.4) is 0 Å². The zero-order valence-electron chi connectivity index (χ0n) is 15.7. The van der Waals surface area contributed by atoms with Gasteiger partial charge in [0.25, 0.3) is 0 Å². The van der Waals surface area contributed by atoms with Crippen molar-refractivity contribution in [2.45, 2.75) is 53.4 Å². The molecule has 0 radical (unpaired) electrons. The van der Waals surface area contributed by atoms with Crippen molar-refractivity contribution in [3.05, 3.63) is 23.8 Å². The molecule has 3 nitrogen and oxygen atoms in total. The number of carbonyl (C=O) groups is 3. The van der Waals surface area contributed by atoms with E-state index in [1.54, 1.807) is 19.1 Å². The van der Waals surface area contributed by atoms with Crippen LogP contribution in [-0.4, -0.2) is 17.3 Å². The topological polar surface area (TPSA) is 51.2 Å². The molecule has 3 fully saturated rings. The van der Waals surface area contributed by atoms with Crippen molar-refractivity contribution in [3.8, 4) is 0 Å². The summed E-state index contributed by atoms with van der Waals surface area (Å²) in [5, 5.41) is 0. The van der Waals surface area contributed by atoms with Gasteiger partial charge in [0, 0.05) is 23.3 Å². The van der Waals surface area contributed by atoms with Crippen LogP contribution in [0.1, 0.15) is 53.4 Å². The quantitative estimate of drug-likeness (QED) is 0.727. The summed E-state index contributed by atoms with van der Waals surface area (Å²) >= 11 is 0. The molecule has 25 heavy (non-hydrogen) atoms. The molecule has 134 valence electrons. The van der Waals surface area contributed by atoms with E-state index in [9.17, 15) is 14.4 Å². The first-order valence-electron chi connectivity index (χ1n) is 9.67. The molecule has 0 amide bonds. The standard InChI is InChI=1S/C22H28O3/c1-12-9-17-15-11-19(25)18-10-14(24)5-7-21(18,3)16(15)6-8-22(17,4)20(12)13(2)23/h5,7,10,12,15-17,20H,6,8-9,11H2,1-4H3/t12-,15-,16+,17+,20-,21-,22+/m1/s1. The predicted octanol–water partition coefficient (Wildman–Crippen LogP) is 3.92. The highest BCUT2D eigenvalue weighted by atomic mass is 16.1. The van der Waals surface area contributed by atoms with Crippen LogP contribution < -0.4 is 0 Å². The van der Waals surface area contributed by atoms with Crippen LogP contribution >= 0.6 is 0 Å². The Bertz CT molecular complexity index is 730. The Kier molecular flexibility index (Phi) is 3.55. The van der Waals surface area contributed by atoms with Crippen molar-refractivity contribution in [1.82, 2.24) is 0 Å². The molecule has 0 saturated heterocycles. The predicted molar refractivity (Wildman–Crippen MR) is 95.7 cm³/mol. The molecule has 4 rings (SSSR count). The Hall–Kier alpha value is -1.51. The SMILES string of the molecule is CC(=O)[C@H]1[C@H](C)C[C@H]2[C@@H]3CC(=O)C4=CC(=O)C=C[C@]4(C)[C@H]3CC[C@@]21C. The van der Waals surface area contributed by atoms with Crippen LogP contribution in [0.5, 0.6) is 0 Å². The Balaban J connectivity index is 1.75. The fraction of sp³-hybridized carbons (Fsp3) is 0.682. The number of fused-ring (bicyclic) bond motifs is 5. The van der Waals surface area contributed by atoms with Crippen LogP contribution in [0.4, 0.5) is 0 Å². The lowest BCUT2D eigenvalue weighted by Crippen LogP contribution is -2.52. The molecule has 3 heteroatoms. The summed E-state index contributed by atoms with van der Waals surface area (Å²) in [4.78, 5) is 37.1. The van der Waals surface area contributed by atoms with Crippen molar-refractivity contribution in [1.29, 1.82) is 0 Å². The van der Waals surface area contributed by atoms with Gasteiger partial charge in [0.2, 0.25) is 0 Å². The number of Topliss-reactive ketones (excluding diaryl/α,β-unsaturated/α-hetero) is 2. The first-order valence-corrected chi connectivity index (χ1v) is 9.67. The number of hydrogen-bond acceptors (Lipinski definition) is 3. The van der Waals surface area contributed by atoms with Crippen LogP contribution in [0.2, 0.25) is 0 Å². The van der Waals surface area contributed by atoms with Crippen molar-refractivity contribution < 1.29 is 14.4 Å². The minimum absolute atomic E-state index is 0.0263. The maximum atomic E-state index is 12.9. The van der Waals surface area contributed by atoms with Crippen molar-refractivity contribution in [3.63, 3.8) is 0 Å². The van der Waals surface area contributed by atoms with Crippen molar-refractivity contribution in [2.75, 3.05) is 0 Å². The average molecular weight is 340 g/mol. The summed E-state index contributed by atoms with van der Waals surface area (Å²) in [6.07, 6.45) is 8.88. The van der Waals surface area contributed by atoms with E-state index in [0.717, 1.165) is 24.8 Å². The lowest BCUT2D eigenvalue weighted by Gasteiger charge is -2.56. The van der Waals surface area contributed by atoms with Crippen molar-refractivity contribution >= 4 is 17.3 Å². The third kappa shape index (κ3) is 2.14. The molecule has 0 heterocycles. The van der Waals surface area contributed by atoms with Gasteiger partial charge in [-0.2, -0.15) is 0 Å². The molecule has 0 spiro atoms. The first kappa shape index (κ1) is 16.9.